The Labute approximate surface area is 155 Å². The molecule has 130 valence electrons. The maximum absolute atomic E-state index is 11.6. The lowest BCUT2D eigenvalue weighted by molar-refractivity contribution is 0.100. The maximum Gasteiger partial charge on any atom is 0.159 e. The number of benzene rings is 3. The molecule has 0 atom stereocenters. The summed E-state index contributed by atoms with van der Waals surface area (Å²) in [6, 6.07) is 26.3. The molecule has 0 unspecified atom stereocenters. The van der Waals surface area contributed by atoms with E-state index in [4.69, 9.17) is 0 Å². The van der Waals surface area contributed by atoms with Crippen LogP contribution in [0.15, 0.2) is 78.9 Å². The van der Waals surface area contributed by atoms with E-state index in [1.165, 1.54) is 15.9 Å². The predicted molar refractivity (Wildman–Crippen MR) is 111 cm³/mol. The summed E-state index contributed by atoms with van der Waals surface area (Å²) in [5.41, 5.74) is 1.44. The largest absolute Gasteiger partial charge is 0.295 e. The first-order valence-corrected chi connectivity index (χ1v) is 10.8. The molecule has 2 nitrogen and oxygen atoms in total. The highest BCUT2D eigenvalue weighted by molar-refractivity contribution is 7.95. The predicted octanol–water partition coefficient (Wildman–Crippen LogP) is 4.02. The van der Waals surface area contributed by atoms with Crippen molar-refractivity contribution in [3.05, 3.63) is 90.0 Å². The van der Waals surface area contributed by atoms with Crippen LogP contribution in [-0.2, 0) is 0 Å². The van der Waals surface area contributed by atoms with E-state index < -0.39 is 7.26 Å². The lowest BCUT2D eigenvalue weighted by atomic mass is 10.1. The molecule has 3 aromatic rings. The number of rotatable bonds is 5. The van der Waals surface area contributed by atoms with Gasteiger partial charge in [0.1, 0.15) is 23.2 Å². The molecule has 0 spiro atoms. The molecule has 26 heavy (non-hydrogen) atoms. The Kier molecular flexibility index (Phi) is 5.15. The van der Waals surface area contributed by atoms with Crippen molar-refractivity contribution >= 4 is 34.7 Å². The second-order valence-corrected chi connectivity index (χ2v) is 10.1. The molecule has 0 aliphatic heterocycles. The van der Waals surface area contributed by atoms with Gasteiger partial charge >= 0.3 is 0 Å². The molecular weight excluding hydrogens is 339 g/mol. The third kappa shape index (κ3) is 3.38. The molecule has 0 radical (unpaired) electrons. The Morgan fingerprint density at radius 2 is 0.923 bits per heavy atom. The van der Waals surface area contributed by atoms with Gasteiger partial charge in [0.15, 0.2) is 11.6 Å². The molecular formula is C23H22O2P+. The van der Waals surface area contributed by atoms with E-state index >= 15 is 0 Å². The van der Waals surface area contributed by atoms with Crippen LogP contribution in [0.4, 0.5) is 0 Å². The zero-order chi connectivity index (χ0) is 18.7. The van der Waals surface area contributed by atoms with Crippen molar-refractivity contribution < 1.29 is 9.59 Å². The van der Waals surface area contributed by atoms with E-state index in [0.29, 0.717) is 0 Å². The van der Waals surface area contributed by atoms with Gasteiger partial charge in [-0.2, -0.15) is 0 Å². The number of Topliss-reactive ketones (excluding diaryl/α,β-unsaturated/α-hetero) is 2. The number of ketones is 2. The molecule has 0 fully saturated rings. The number of carbonyl (C=O) groups is 2. The summed E-state index contributed by atoms with van der Waals surface area (Å²) in [5, 5.41) is 3.69. The van der Waals surface area contributed by atoms with E-state index in [2.05, 4.69) is 55.2 Å². The first kappa shape index (κ1) is 18.2. The van der Waals surface area contributed by atoms with E-state index in [-0.39, 0.29) is 11.6 Å². The van der Waals surface area contributed by atoms with E-state index in [0.717, 1.165) is 11.1 Å². The second kappa shape index (κ2) is 7.35. The highest BCUT2D eigenvalue weighted by Gasteiger charge is 2.40. The smallest absolute Gasteiger partial charge is 0.159 e. The van der Waals surface area contributed by atoms with Crippen LogP contribution in [0.3, 0.4) is 0 Å². The topological polar surface area (TPSA) is 34.1 Å². The molecule has 0 saturated heterocycles. The Morgan fingerprint density at radius 3 is 1.27 bits per heavy atom. The molecule has 3 rings (SSSR count). The van der Waals surface area contributed by atoms with E-state index in [1.807, 2.05) is 30.3 Å². The van der Waals surface area contributed by atoms with Gasteiger partial charge < -0.3 is 0 Å². The highest BCUT2D eigenvalue weighted by atomic mass is 31.2. The van der Waals surface area contributed by atoms with Crippen molar-refractivity contribution in [2.24, 2.45) is 0 Å². The van der Waals surface area contributed by atoms with Crippen LogP contribution < -0.4 is 15.9 Å². The third-order valence-corrected chi connectivity index (χ3v) is 8.85. The minimum absolute atomic E-state index is 0.0714. The van der Waals surface area contributed by atoms with Gasteiger partial charge in [-0.15, -0.1) is 0 Å². The Balaban J connectivity index is 2.17. The van der Waals surface area contributed by atoms with Crippen LogP contribution in [0.2, 0.25) is 0 Å². The molecule has 0 aliphatic rings. The summed E-state index contributed by atoms with van der Waals surface area (Å²) in [6.45, 7) is 5.45. The van der Waals surface area contributed by atoms with Crippen LogP contribution in [0.25, 0.3) is 0 Å². The fourth-order valence-corrected chi connectivity index (χ4v) is 6.32. The number of hydrogen-bond donors (Lipinski definition) is 0. The van der Waals surface area contributed by atoms with Crippen LogP contribution >= 0.6 is 7.26 Å². The first-order valence-electron chi connectivity index (χ1n) is 8.58. The lowest BCUT2D eigenvalue weighted by Gasteiger charge is -2.23. The van der Waals surface area contributed by atoms with Crippen molar-refractivity contribution in [1.82, 2.24) is 0 Å². The Morgan fingerprint density at radius 1 is 0.577 bits per heavy atom. The molecule has 0 aromatic heterocycles. The van der Waals surface area contributed by atoms with Gasteiger partial charge in [-0.1, -0.05) is 18.2 Å². The summed E-state index contributed by atoms with van der Waals surface area (Å²) in [4.78, 5) is 23.2. The molecule has 3 aromatic carbocycles. The molecule has 3 heteroatoms. The lowest BCUT2D eigenvalue weighted by Crippen LogP contribution is -2.30. The zero-order valence-electron chi connectivity index (χ0n) is 15.3. The molecule has 0 aliphatic carbocycles. The second-order valence-electron chi connectivity index (χ2n) is 6.55. The van der Waals surface area contributed by atoms with E-state index in [1.54, 1.807) is 13.8 Å². The Hall–Kier alpha value is -2.57. The monoisotopic (exact) mass is 361 g/mol. The van der Waals surface area contributed by atoms with Gasteiger partial charge in [0.25, 0.3) is 0 Å². The standard InChI is InChI=1S/C23H22O2P/c1-17(24)19-9-13-22(14-10-19)26(3,21-7-5-4-6-8-21)23-15-11-20(12-16-23)18(2)25/h4-16H,1-3H3/q+1. The molecule has 0 saturated carbocycles. The van der Waals surface area contributed by atoms with Gasteiger partial charge in [-0.05, 0) is 74.5 Å². The number of hydrogen-bond acceptors (Lipinski definition) is 2. The van der Waals surface area contributed by atoms with Crippen molar-refractivity contribution in [2.75, 3.05) is 6.66 Å². The normalized spacial score (nSPS) is 11.2. The summed E-state index contributed by atoms with van der Waals surface area (Å²) in [7, 11) is -1.85. The number of carbonyl (C=O) groups excluding carboxylic acids is 2. The van der Waals surface area contributed by atoms with E-state index in [9.17, 15) is 9.59 Å². The summed E-state index contributed by atoms with van der Waals surface area (Å²) < 4.78 is 0. The zero-order valence-corrected chi connectivity index (χ0v) is 16.2. The van der Waals surface area contributed by atoms with Gasteiger partial charge in [0.05, 0.1) is 6.66 Å². The first-order chi connectivity index (χ1) is 12.4. The van der Waals surface area contributed by atoms with Crippen LogP contribution in [0, 0.1) is 0 Å². The van der Waals surface area contributed by atoms with Gasteiger partial charge in [0, 0.05) is 11.1 Å². The molecule has 0 heterocycles. The van der Waals surface area contributed by atoms with Gasteiger partial charge in [0.2, 0.25) is 0 Å². The average molecular weight is 361 g/mol. The maximum atomic E-state index is 11.6. The fraction of sp³-hybridized carbons (Fsp3) is 0.130. The summed E-state index contributed by atoms with van der Waals surface area (Å²) in [6.07, 6.45) is 0. The SMILES string of the molecule is CC(=O)c1ccc([P+](C)(c2ccccc2)c2ccc(C(C)=O)cc2)cc1. The van der Waals surface area contributed by atoms with Crippen LogP contribution in [-0.4, -0.2) is 18.2 Å². The highest BCUT2D eigenvalue weighted by Crippen LogP contribution is 2.51. The fourth-order valence-electron chi connectivity index (χ4n) is 3.16. The van der Waals surface area contributed by atoms with Crippen molar-refractivity contribution in [3.8, 4) is 0 Å². The molecule has 0 bridgehead atoms. The van der Waals surface area contributed by atoms with Gasteiger partial charge in [-0.25, -0.2) is 0 Å². The minimum Gasteiger partial charge on any atom is -0.295 e. The average Bonchev–Trinajstić information content (AvgIpc) is 2.68. The van der Waals surface area contributed by atoms with Crippen molar-refractivity contribution in [2.45, 2.75) is 13.8 Å². The van der Waals surface area contributed by atoms with Crippen LogP contribution in [0.5, 0.6) is 0 Å². The summed E-state index contributed by atoms with van der Waals surface area (Å²) >= 11 is 0. The van der Waals surface area contributed by atoms with Crippen LogP contribution in [0.1, 0.15) is 34.6 Å². The quantitative estimate of drug-likeness (QED) is 0.508. The summed E-state index contributed by atoms with van der Waals surface area (Å²) in [5.74, 6) is 0.143. The third-order valence-electron chi connectivity index (χ3n) is 4.85. The minimum atomic E-state index is -1.85. The Bertz CT molecular complexity index is 869. The molecule has 0 amide bonds. The molecule has 0 N–H and O–H groups in total. The van der Waals surface area contributed by atoms with Crippen molar-refractivity contribution in [3.63, 3.8) is 0 Å². The van der Waals surface area contributed by atoms with Crippen molar-refractivity contribution in [1.29, 1.82) is 0 Å². The van der Waals surface area contributed by atoms with Gasteiger partial charge in [-0.3, -0.25) is 9.59 Å².